The van der Waals surface area contributed by atoms with E-state index >= 15 is 0 Å². The summed E-state index contributed by atoms with van der Waals surface area (Å²) >= 11 is 0. The summed E-state index contributed by atoms with van der Waals surface area (Å²) in [6.07, 6.45) is 1.14. The number of hydrogen-bond acceptors (Lipinski definition) is 10. The maximum Gasteiger partial charge on any atom is 0.356 e. The first-order chi connectivity index (χ1) is 12.2. The Bertz CT molecular complexity index is 683. The van der Waals surface area contributed by atoms with Crippen LogP contribution in [0.15, 0.2) is 4.99 Å². The highest BCUT2D eigenvalue weighted by molar-refractivity contribution is 7.53. The van der Waals surface area contributed by atoms with E-state index in [-0.39, 0.29) is 30.3 Å². The van der Waals surface area contributed by atoms with Crippen molar-refractivity contribution < 1.29 is 18.3 Å². The lowest BCUT2D eigenvalue weighted by atomic mass is 10.3. The normalized spacial score (nSPS) is 14.3. The molecule has 0 saturated heterocycles. The van der Waals surface area contributed by atoms with Crippen LogP contribution >= 0.6 is 7.60 Å². The summed E-state index contributed by atoms with van der Waals surface area (Å²) < 4.78 is 29.2. The molecule has 146 valence electrons. The zero-order chi connectivity index (χ0) is 19.3. The van der Waals surface area contributed by atoms with Gasteiger partial charge >= 0.3 is 7.60 Å². The van der Waals surface area contributed by atoms with Crippen molar-refractivity contribution in [2.75, 3.05) is 42.4 Å². The van der Waals surface area contributed by atoms with Crippen LogP contribution in [0, 0.1) is 0 Å². The van der Waals surface area contributed by atoms with E-state index in [1.165, 1.54) is 0 Å². The van der Waals surface area contributed by atoms with Crippen molar-refractivity contribution >= 4 is 37.1 Å². The minimum Gasteiger partial charge on any atom is -0.382 e. The van der Waals surface area contributed by atoms with Gasteiger partial charge in [0.2, 0.25) is 5.95 Å². The predicted octanol–water partition coefficient (Wildman–Crippen LogP) is 2.18. The van der Waals surface area contributed by atoms with Crippen LogP contribution < -0.4 is 16.4 Å². The van der Waals surface area contributed by atoms with Gasteiger partial charge < -0.3 is 30.2 Å². The van der Waals surface area contributed by atoms with Crippen LogP contribution in [-0.2, 0) is 18.3 Å². The molecule has 10 nitrogen and oxygen atoms in total. The second-order valence-electron chi connectivity index (χ2n) is 6.35. The lowest BCUT2D eigenvalue weighted by Gasteiger charge is -2.27. The number of nitrogens with two attached hydrogens (primary N) is 2. The molecule has 0 spiro atoms. The van der Waals surface area contributed by atoms with E-state index in [9.17, 15) is 4.57 Å². The molecule has 4 N–H and O–H groups in total. The Balaban J connectivity index is 1.94. The zero-order valence-electron chi connectivity index (χ0n) is 15.6. The van der Waals surface area contributed by atoms with E-state index in [1.807, 2.05) is 4.90 Å². The predicted molar refractivity (Wildman–Crippen MR) is 102 cm³/mol. The van der Waals surface area contributed by atoms with Gasteiger partial charge in [0.15, 0.2) is 11.6 Å². The smallest absolute Gasteiger partial charge is 0.356 e. The van der Waals surface area contributed by atoms with Crippen LogP contribution in [0.5, 0.6) is 0 Å². The van der Waals surface area contributed by atoms with Gasteiger partial charge in [0.05, 0.1) is 25.4 Å². The van der Waals surface area contributed by atoms with Gasteiger partial charge in [-0.3, -0.25) is 9.56 Å². The Kier molecular flexibility index (Phi) is 6.94. The second-order valence-corrected chi connectivity index (χ2v) is 8.26. The summed E-state index contributed by atoms with van der Waals surface area (Å²) in [6, 6.07) is 0. The van der Waals surface area contributed by atoms with Crippen molar-refractivity contribution in [1.29, 1.82) is 0 Å². The van der Waals surface area contributed by atoms with Crippen molar-refractivity contribution in [1.82, 2.24) is 9.97 Å². The molecule has 1 aliphatic heterocycles. The number of rotatable bonds is 9. The molecule has 1 aromatic heterocycles. The summed E-state index contributed by atoms with van der Waals surface area (Å²) in [4.78, 5) is 14.2. The minimum atomic E-state index is -3.32. The maximum atomic E-state index is 12.7. The van der Waals surface area contributed by atoms with E-state index in [2.05, 4.69) is 15.0 Å². The molecule has 0 aromatic carbocycles. The molecule has 11 heteroatoms. The first-order valence-corrected chi connectivity index (χ1v) is 10.2. The minimum absolute atomic E-state index is 0.0874. The number of aliphatic imine (C=N–C) groups is 1. The van der Waals surface area contributed by atoms with Gasteiger partial charge in [-0.2, -0.15) is 9.97 Å². The fourth-order valence-corrected chi connectivity index (χ4v) is 4.22. The SMILES string of the molecule is CC(C)OP(=O)(COCCN1CC=Nc2c(N)nc(N)nc21)OC(C)C. The molecule has 2 rings (SSSR count). The highest BCUT2D eigenvalue weighted by Gasteiger charge is 2.28. The number of nitrogens with zero attached hydrogens (tertiary/aromatic N) is 4. The van der Waals surface area contributed by atoms with Gasteiger partial charge in [-0.15, -0.1) is 0 Å². The van der Waals surface area contributed by atoms with Gasteiger partial charge in [0.25, 0.3) is 0 Å². The third-order valence-corrected chi connectivity index (χ3v) is 5.21. The Labute approximate surface area is 153 Å². The van der Waals surface area contributed by atoms with Gasteiger partial charge in [0, 0.05) is 12.8 Å². The first-order valence-electron chi connectivity index (χ1n) is 8.44. The monoisotopic (exact) mass is 386 g/mol. The molecular formula is C15H27N6O4P. The van der Waals surface area contributed by atoms with Gasteiger partial charge in [-0.05, 0) is 27.7 Å². The van der Waals surface area contributed by atoms with Gasteiger partial charge in [-0.25, -0.2) is 0 Å². The van der Waals surface area contributed by atoms with Crippen molar-refractivity contribution in [3.05, 3.63) is 0 Å². The molecule has 2 heterocycles. The Morgan fingerprint density at radius 1 is 1.19 bits per heavy atom. The highest BCUT2D eigenvalue weighted by atomic mass is 31.2. The lowest BCUT2D eigenvalue weighted by Crippen LogP contribution is -2.32. The molecule has 1 aliphatic rings. The quantitative estimate of drug-likeness (QED) is 0.483. The van der Waals surface area contributed by atoms with Crippen molar-refractivity contribution in [3.8, 4) is 0 Å². The van der Waals surface area contributed by atoms with Crippen molar-refractivity contribution in [2.24, 2.45) is 4.99 Å². The van der Waals surface area contributed by atoms with Crippen LogP contribution in [-0.4, -0.2) is 54.4 Å². The Hall–Kier alpha value is -1.74. The van der Waals surface area contributed by atoms with Gasteiger partial charge in [-0.1, -0.05) is 0 Å². The molecule has 0 radical (unpaired) electrons. The topological polar surface area (TPSA) is 138 Å². The molecule has 0 amide bonds. The maximum absolute atomic E-state index is 12.7. The standard InChI is InChI=1S/C15H27N6O4P/c1-10(2)24-26(22,25-11(3)4)9-23-8-7-21-6-5-18-12-13(16)19-15(17)20-14(12)21/h5,10-11H,6-9H2,1-4H3,(H4,16,17,19,20). The molecule has 0 fully saturated rings. The first kappa shape index (κ1) is 20.6. The largest absolute Gasteiger partial charge is 0.382 e. The Morgan fingerprint density at radius 3 is 2.46 bits per heavy atom. The molecular weight excluding hydrogens is 359 g/mol. The van der Waals surface area contributed by atoms with E-state index < -0.39 is 7.60 Å². The van der Waals surface area contributed by atoms with Crippen LogP contribution in [0.3, 0.4) is 0 Å². The van der Waals surface area contributed by atoms with E-state index in [0.29, 0.717) is 31.2 Å². The van der Waals surface area contributed by atoms with Crippen LogP contribution in [0.4, 0.5) is 23.3 Å². The fourth-order valence-electron chi connectivity index (χ4n) is 2.42. The summed E-state index contributed by atoms with van der Waals surface area (Å²) in [5.74, 6) is 0.875. The molecule has 1 aromatic rings. The average Bonchev–Trinajstić information content (AvgIpc) is 2.50. The van der Waals surface area contributed by atoms with Crippen molar-refractivity contribution in [2.45, 2.75) is 39.9 Å². The third kappa shape index (κ3) is 5.63. The summed E-state index contributed by atoms with van der Waals surface area (Å²) in [5, 5.41) is 0. The number of aromatic nitrogens is 2. The van der Waals surface area contributed by atoms with Gasteiger partial charge in [0.1, 0.15) is 12.0 Å². The fraction of sp³-hybridized carbons (Fsp3) is 0.667. The Morgan fingerprint density at radius 2 is 1.85 bits per heavy atom. The number of hydrogen-bond donors (Lipinski definition) is 2. The highest BCUT2D eigenvalue weighted by Crippen LogP contribution is 2.50. The molecule has 0 saturated carbocycles. The molecule has 0 unspecified atom stereocenters. The second kappa shape index (κ2) is 8.77. The molecule has 0 atom stereocenters. The van der Waals surface area contributed by atoms with Crippen LogP contribution in [0.1, 0.15) is 27.7 Å². The molecule has 0 aliphatic carbocycles. The number of ether oxygens (including phenoxy) is 1. The molecule has 0 bridgehead atoms. The average molecular weight is 386 g/mol. The van der Waals surface area contributed by atoms with E-state index in [4.69, 9.17) is 25.3 Å². The molecule has 26 heavy (non-hydrogen) atoms. The summed E-state index contributed by atoms with van der Waals surface area (Å²) in [7, 11) is -3.32. The zero-order valence-corrected chi connectivity index (χ0v) is 16.5. The van der Waals surface area contributed by atoms with E-state index in [1.54, 1.807) is 33.9 Å². The third-order valence-electron chi connectivity index (χ3n) is 3.23. The van der Waals surface area contributed by atoms with Crippen LogP contribution in [0.25, 0.3) is 0 Å². The van der Waals surface area contributed by atoms with E-state index in [0.717, 1.165) is 0 Å². The number of anilines is 3. The lowest BCUT2D eigenvalue weighted by molar-refractivity contribution is 0.101. The summed E-state index contributed by atoms with van der Waals surface area (Å²) in [6.45, 7) is 8.52. The summed E-state index contributed by atoms with van der Waals surface area (Å²) in [5.41, 5.74) is 12.0. The van der Waals surface area contributed by atoms with Crippen LogP contribution in [0.2, 0.25) is 0 Å². The number of fused-ring (bicyclic) bond motifs is 1. The number of nitrogen functional groups attached to an aromatic ring is 2. The van der Waals surface area contributed by atoms with Crippen molar-refractivity contribution in [3.63, 3.8) is 0 Å².